The number of piperidine rings is 1. The number of fused-ring (bicyclic) bond motifs is 2. The molecule has 0 saturated carbocycles. The maximum atomic E-state index is 14.1. The summed E-state index contributed by atoms with van der Waals surface area (Å²) in [6, 6.07) is 20.6. The lowest BCUT2D eigenvalue weighted by molar-refractivity contribution is -0.136. The molecule has 3 aromatic heterocycles. The predicted molar refractivity (Wildman–Crippen MR) is 248 cm³/mol. The maximum absolute atomic E-state index is 14.1. The Kier molecular flexibility index (Phi) is 14.6. The van der Waals surface area contributed by atoms with Gasteiger partial charge in [0.1, 0.15) is 29.2 Å². The highest BCUT2D eigenvalue weighted by molar-refractivity contribution is 6.23. The largest absolute Gasteiger partial charge is 0.383 e. The van der Waals surface area contributed by atoms with Crippen LogP contribution in [0.15, 0.2) is 79.0 Å². The molecule has 3 fully saturated rings. The number of ether oxygens (including phenoxy) is 3. The number of rotatable bonds is 20. The Labute approximate surface area is 391 Å². The number of aromatic nitrogens is 4. The number of anilines is 3. The molecule has 0 spiro atoms. The molecule has 0 bridgehead atoms. The van der Waals surface area contributed by atoms with Gasteiger partial charge in [-0.05, 0) is 79.4 Å². The van der Waals surface area contributed by atoms with Gasteiger partial charge in [0.05, 0.1) is 75.2 Å². The number of nitrogens with one attached hydrogen (secondary N) is 3. The van der Waals surface area contributed by atoms with Crippen LogP contribution < -0.4 is 25.8 Å². The summed E-state index contributed by atoms with van der Waals surface area (Å²) < 4.78 is 32.8. The van der Waals surface area contributed by atoms with E-state index in [0.717, 1.165) is 66.0 Å². The molecule has 3 N–H and O–H groups in total. The van der Waals surface area contributed by atoms with Crippen LogP contribution in [0.5, 0.6) is 0 Å². The molecule has 5 amide bonds. The molecule has 0 aliphatic carbocycles. The van der Waals surface area contributed by atoms with Gasteiger partial charge in [0.15, 0.2) is 5.65 Å². The van der Waals surface area contributed by atoms with Gasteiger partial charge >= 0.3 is 0 Å². The van der Waals surface area contributed by atoms with Crippen molar-refractivity contribution in [1.82, 2.24) is 40.0 Å². The molecule has 5 aromatic rings. The topological polar surface area (TPSA) is 205 Å². The van der Waals surface area contributed by atoms with E-state index in [0.29, 0.717) is 83.7 Å². The van der Waals surface area contributed by atoms with Gasteiger partial charge in [-0.3, -0.25) is 39.1 Å². The number of pyridine rings is 1. The van der Waals surface area contributed by atoms with Crippen LogP contribution in [-0.2, 0) is 28.6 Å². The van der Waals surface area contributed by atoms with E-state index in [9.17, 15) is 28.4 Å². The molecule has 20 heteroatoms. The van der Waals surface area contributed by atoms with E-state index in [1.165, 1.54) is 6.07 Å². The number of hydrogen-bond donors (Lipinski definition) is 3. The van der Waals surface area contributed by atoms with Crippen LogP contribution >= 0.6 is 0 Å². The SMILES string of the molecule is O=C(CN1CCN(c2cccc(-c3cnc4ccc(N5CCC[C@@H]5c5cccc(F)c5)nn34)n2)CC1)NCCOCCOCCOCCNc1ccc2c(c1)C(=O)N(C1CCC(=O)NC1=O)C2=O. The number of hydrogen-bond acceptors (Lipinski definition) is 15. The summed E-state index contributed by atoms with van der Waals surface area (Å²) >= 11 is 0. The minimum absolute atomic E-state index is 0.0484. The molecule has 3 saturated heterocycles. The summed E-state index contributed by atoms with van der Waals surface area (Å²) in [4.78, 5) is 79.6. The fraction of sp³-hybridized carbons (Fsp3) is 0.417. The van der Waals surface area contributed by atoms with E-state index in [4.69, 9.17) is 24.3 Å². The lowest BCUT2D eigenvalue weighted by Gasteiger charge is -2.35. The Morgan fingerprint density at radius 1 is 0.765 bits per heavy atom. The zero-order valence-corrected chi connectivity index (χ0v) is 37.6. The first-order valence-corrected chi connectivity index (χ1v) is 23.1. The Balaban J connectivity index is 0.622. The van der Waals surface area contributed by atoms with Gasteiger partial charge in [-0.1, -0.05) is 18.2 Å². The van der Waals surface area contributed by atoms with Crippen LogP contribution in [0.25, 0.3) is 17.0 Å². The van der Waals surface area contributed by atoms with E-state index < -0.39 is 29.7 Å². The average molecular weight is 932 g/mol. The summed E-state index contributed by atoms with van der Waals surface area (Å²) in [5.41, 5.74) is 4.26. The summed E-state index contributed by atoms with van der Waals surface area (Å²) in [6.07, 6.45) is 3.88. The molecule has 356 valence electrons. The van der Waals surface area contributed by atoms with Gasteiger partial charge in [0.25, 0.3) is 11.8 Å². The second kappa shape index (κ2) is 21.4. The van der Waals surface area contributed by atoms with E-state index in [-0.39, 0.29) is 41.7 Å². The summed E-state index contributed by atoms with van der Waals surface area (Å²) in [6.45, 7) is 7.08. The molecular formula is C48H54FN11O8. The van der Waals surface area contributed by atoms with Crippen LogP contribution in [0.2, 0.25) is 0 Å². The molecule has 2 atom stereocenters. The zero-order chi connectivity index (χ0) is 47.0. The first-order chi connectivity index (χ1) is 33.2. The molecule has 1 unspecified atom stereocenters. The van der Waals surface area contributed by atoms with Crippen molar-refractivity contribution in [3.63, 3.8) is 0 Å². The monoisotopic (exact) mass is 931 g/mol. The number of carbonyl (C=O) groups excluding carboxylic acids is 5. The first kappa shape index (κ1) is 46.2. The summed E-state index contributed by atoms with van der Waals surface area (Å²) in [7, 11) is 0. The number of nitrogens with zero attached hydrogens (tertiary/aromatic N) is 8. The van der Waals surface area contributed by atoms with Crippen molar-refractivity contribution in [3.05, 3.63) is 102 Å². The molecular weight excluding hydrogens is 878 g/mol. The van der Waals surface area contributed by atoms with Crippen LogP contribution in [-0.4, -0.2) is 157 Å². The van der Waals surface area contributed by atoms with Crippen LogP contribution in [0, 0.1) is 5.82 Å². The third-order valence-electron chi connectivity index (χ3n) is 12.5. The van der Waals surface area contributed by atoms with Gasteiger partial charge in [-0.15, -0.1) is 5.10 Å². The quantitative estimate of drug-likeness (QED) is 0.0758. The standard InChI is InChI=1S/C48H54FN11O8/c49-33-5-1-4-32(28-33)38-7-3-17-58(38)43-13-12-41-52-30-40(60(41)55-43)37-6-2-8-42(53-37)57-20-18-56(19-21-57)31-45(62)51-16-23-67-25-27-68-26-24-66-22-15-50-34-9-10-35-36(29-34)48(65)59(47(35)64)39-11-14-44(61)54-46(39)63/h1-2,4-6,8-10,12-13,28-30,38-39,50H,3,7,11,14-27,31H2,(H,51,62)(H,54,61,63)/t38-,39?/m1/s1. The summed E-state index contributed by atoms with van der Waals surface area (Å²) in [5, 5.41) is 13.3. The van der Waals surface area contributed by atoms with Crippen LogP contribution in [0.4, 0.5) is 21.7 Å². The van der Waals surface area contributed by atoms with E-state index in [1.54, 1.807) is 36.5 Å². The average Bonchev–Trinajstić information content (AvgIpc) is 4.07. The second-order valence-corrected chi connectivity index (χ2v) is 17.0. The second-order valence-electron chi connectivity index (χ2n) is 17.0. The molecule has 7 heterocycles. The predicted octanol–water partition coefficient (Wildman–Crippen LogP) is 3.07. The molecule has 4 aliphatic rings. The fourth-order valence-electron chi connectivity index (χ4n) is 9.08. The zero-order valence-electron chi connectivity index (χ0n) is 37.6. The molecule has 2 aromatic carbocycles. The number of imidazole rings is 1. The van der Waals surface area contributed by atoms with Crippen molar-refractivity contribution < 1.29 is 42.6 Å². The Morgan fingerprint density at radius 3 is 2.32 bits per heavy atom. The van der Waals surface area contributed by atoms with Gasteiger partial charge in [-0.25, -0.2) is 18.9 Å². The smallest absolute Gasteiger partial charge is 0.262 e. The third kappa shape index (κ3) is 10.6. The molecule has 19 nitrogen and oxygen atoms in total. The maximum Gasteiger partial charge on any atom is 0.262 e. The third-order valence-corrected chi connectivity index (χ3v) is 12.5. The number of benzene rings is 2. The number of imide groups is 2. The molecule has 9 rings (SSSR count). The molecule has 0 radical (unpaired) electrons. The molecule has 4 aliphatic heterocycles. The van der Waals surface area contributed by atoms with Gasteiger partial charge in [0, 0.05) is 57.9 Å². The number of carbonyl (C=O) groups is 5. The van der Waals surface area contributed by atoms with Crippen molar-refractivity contribution in [3.8, 4) is 11.4 Å². The van der Waals surface area contributed by atoms with Crippen molar-refractivity contribution in [1.29, 1.82) is 0 Å². The van der Waals surface area contributed by atoms with E-state index in [2.05, 4.69) is 35.6 Å². The summed E-state index contributed by atoms with van der Waals surface area (Å²) in [5.74, 6) is -0.807. The normalized spacial score (nSPS) is 18.7. The van der Waals surface area contributed by atoms with Crippen molar-refractivity contribution in [2.24, 2.45) is 0 Å². The van der Waals surface area contributed by atoms with Crippen molar-refractivity contribution in [2.45, 2.75) is 37.8 Å². The Bertz CT molecular complexity index is 2660. The minimum atomic E-state index is -1.01. The van der Waals surface area contributed by atoms with Crippen molar-refractivity contribution in [2.75, 3.05) is 107 Å². The highest BCUT2D eigenvalue weighted by Crippen LogP contribution is 2.36. The number of amides is 5. The minimum Gasteiger partial charge on any atom is -0.383 e. The molecule has 68 heavy (non-hydrogen) atoms. The van der Waals surface area contributed by atoms with E-state index in [1.807, 2.05) is 40.9 Å². The van der Waals surface area contributed by atoms with Gasteiger partial charge < -0.3 is 34.6 Å². The Hall–Kier alpha value is -6.87. The Morgan fingerprint density at radius 2 is 1.53 bits per heavy atom. The fourth-order valence-corrected chi connectivity index (χ4v) is 9.08. The van der Waals surface area contributed by atoms with Gasteiger partial charge in [-0.2, -0.15) is 0 Å². The lowest BCUT2D eigenvalue weighted by atomic mass is 10.0. The van der Waals surface area contributed by atoms with Crippen LogP contribution in [0.3, 0.4) is 0 Å². The van der Waals surface area contributed by atoms with E-state index >= 15 is 0 Å². The first-order valence-electron chi connectivity index (χ1n) is 23.1. The number of piperazine rings is 1. The lowest BCUT2D eigenvalue weighted by Crippen LogP contribution is -2.54. The van der Waals surface area contributed by atoms with Gasteiger partial charge in [0.2, 0.25) is 17.7 Å². The highest BCUT2D eigenvalue weighted by atomic mass is 19.1. The van der Waals surface area contributed by atoms with Crippen molar-refractivity contribution >= 4 is 52.5 Å². The number of halogens is 1. The highest BCUT2D eigenvalue weighted by Gasteiger charge is 2.44. The van der Waals surface area contributed by atoms with Crippen LogP contribution in [0.1, 0.15) is 58.0 Å².